The van der Waals surface area contributed by atoms with E-state index in [0.29, 0.717) is 6.42 Å². The Morgan fingerprint density at radius 1 is 1.22 bits per heavy atom. The lowest BCUT2D eigenvalue weighted by atomic mass is 9.99. The Labute approximate surface area is 130 Å². The normalized spacial score (nSPS) is 25.9. The third-order valence-electron chi connectivity index (χ3n) is 3.13. The van der Waals surface area contributed by atoms with Gasteiger partial charge in [-0.2, -0.15) is 0 Å². The lowest BCUT2D eigenvalue weighted by molar-refractivity contribution is -0.239. The summed E-state index contributed by atoms with van der Waals surface area (Å²) in [5.74, 6) is -3.44. The minimum absolute atomic E-state index is 0.00722. The van der Waals surface area contributed by atoms with E-state index in [2.05, 4.69) is 20.1 Å². The second-order valence-corrected chi connectivity index (χ2v) is 4.74. The molecule has 0 spiro atoms. The van der Waals surface area contributed by atoms with Crippen LogP contribution in [0.1, 0.15) is 5.56 Å². The highest BCUT2D eigenvalue weighted by Gasteiger charge is 2.52. The van der Waals surface area contributed by atoms with Crippen LogP contribution < -0.4 is 0 Å². The molecule has 1 aliphatic heterocycles. The average molecular weight is 323 g/mol. The zero-order chi connectivity index (χ0) is 16.7. The van der Waals surface area contributed by atoms with Crippen molar-refractivity contribution in [2.75, 3.05) is 6.54 Å². The first kappa shape index (κ1) is 17.0. The van der Waals surface area contributed by atoms with E-state index in [1.807, 2.05) is 6.07 Å². The van der Waals surface area contributed by atoms with E-state index >= 15 is 0 Å². The molecule has 121 valence electrons. The number of nitrogens with zero attached hydrogens (tertiary/aromatic N) is 6. The van der Waals surface area contributed by atoms with Crippen LogP contribution in [0.3, 0.4) is 0 Å². The number of rotatable bonds is 6. The molecule has 1 aliphatic rings. The summed E-state index contributed by atoms with van der Waals surface area (Å²) < 4.78 is 38.9. The van der Waals surface area contributed by atoms with E-state index < -0.39 is 24.4 Å². The summed E-state index contributed by atoms with van der Waals surface area (Å²) in [4.78, 5) is 4.94. The third-order valence-corrected chi connectivity index (χ3v) is 3.13. The summed E-state index contributed by atoms with van der Waals surface area (Å²) in [5, 5.41) is 6.31. The van der Waals surface area contributed by atoms with Crippen molar-refractivity contribution >= 4 is 0 Å². The number of ether oxygens (including phenoxy) is 2. The molecule has 0 amide bonds. The molecule has 3 atom stereocenters. The van der Waals surface area contributed by atoms with Crippen LogP contribution in [0.4, 0.5) is 8.78 Å². The smallest absolute Gasteiger partial charge is 0.267 e. The van der Waals surface area contributed by atoms with Gasteiger partial charge in [-0.05, 0) is 16.6 Å². The summed E-state index contributed by atoms with van der Waals surface area (Å²) in [5.41, 5.74) is 17.5. The minimum atomic E-state index is -3.44. The zero-order valence-corrected chi connectivity index (χ0v) is 11.9. The molecular formula is C13H13F2N6O2. The zero-order valence-electron chi connectivity index (χ0n) is 11.9. The maximum atomic E-state index is 14.1. The molecule has 1 aromatic rings. The van der Waals surface area contributed by atoms with Gasteiger partial charge < -0.3 is 9.47 Å². The molecule has 0 aromatic heterocycles. The second-order valence-electron chi connectivity index (χ2n) is 4.74. The van der Waals surface area contributed by atoms with Gasteiger partial charge in [0.15, 0.2) is 12.3 Å². The number of azide groups is 2. The highest BCUT2D eigenvalue weighted by Crippen LogP contribution is 2.36. The lowest BCUT2D eigenvalue weighted by Crippen LogP contribution is -2.53. The van der Waals surface area contributed by atoms with E-state index in [1.54, 1.807) is 24.3 Å². The maximum Gasteiger partial charge on any atom is 0.267 e. The van der Waals surface area contributed by atoms with Gasteiger partial charge in [0.05, 0.1) is 25.7 Å². The van der Waals surface area contributed by atoms with Gasteiger partial charge in [-0.25, -0.2) is 8.78 Å². The molecule has 2 rings (SSSR count). The Bertz CT molecular complexity index is 616. The summed E-state index contributed by atoms with van der Waals surface area (Å²) in [6.07, 6.45) is -2.03. The van der Waals surface area contributed by atoms with Gasteiger partial charge in [0.1, 0.15) is 0 Å². The molecule has 10 heteroatoms. The van der Waals surface area contributed by atoms with Gasteiger partial charge in [-0.1, -0.05) is 40.6 Å². The van der Waals surface area contributed by atoms with Crippen molar-refractivity contribution in [3.05, 3.63) is 63.2 Å². The Morgan fingerprint density at radius 3 is 2.61 bits per heavy atom. The summed E-state index contributed by atoms with van der Waals surface area (Å²) in [7, 11) is 0. The predicted molar refractivity (Wildman–Crippen MR) is 76.1 cm³/mol. The maximum absolute atomic E-state index is 14.1. The van der Waals surface area contributed by atoms with Gasteiger partial charge in [0.25, 0.3) is 5.92 Å². The van der Waals surface area contributed by atoms with Crippen LogP contribution in [0.15, 0.2) is 40.6 Å². The molecule has 0 saturated carbocycles. The summed E-state index contributed by atoms with van der Waals surface area (Å²) in [6, 6.07) is 7.04. The molecular weight excluding hydrogens is 310 g/mol. The second kappa shape index (κ2) is 7.75. The van der Waals surface area contributed by atoms with Crippen molar-refractivity contribution < 1.29 is 18.3 Å². The fraction of sp³-hybridized carbons (Fsp3) is 0.462. The highest BCUT2D eigenvalue weighted by atomic mass is 19.3. The Hall–Kier alpha value is -2.38. The minimum Gasteiger partial charge on any atom is -0.348 e. The van der Waals surface area contributed by atoms with Crippen molar-refractivity contribution in [1.82, 2.24) is 0 Å². The molecule has 1 heterocycles. The highest BCUT2D eigenvalue weighted by molar-refractivity contribution is 5.13. The number of benzene rings is 1. The molecule has 1 radical (unpaired) electrons. The van der Waals surface area contributed by atoms with Crippen molar-refractivity contribution in [2.24, 2.45) is 10.2 Å². The fourth-order valence-electron chi connectivity index (χ4n) is 2.10. The van der Waals surface area contributed by atoms with E-state index in [1.165, 1.54) is 0 Å². The van der Waals surface area contributed by atoms with Crippen molar-refractivity contribution in [3.8, 4) is 0 Å². The first-order valence-electron chi connectivity index (χ1n) is 6.66. The van der Waals surface area contributed by atoms with Crippen LogP contribution in [0.2, 0.25) is 0 Å². The summed E-state index contributed by atoms with van der Waals surface area (Å²) in [6.45, 7) is -0.298. The molecule has 8 nitrogen and oxygen atoms in total. The third kappa shape index (κ3) is 4.54. The van der Waals surface area contributed by atoms with Crippen LogP contribution in [-0.2, 0) is 16.1 Å². The van der Waals surface area contributed by atoms with Crippen LogP contribution in [0.5, 0.6) is 0 Å². The Kier molecular flexibility index (Phi) is 5.72. The molecule has 0 N–H and O–H groups in total. The van der Waals surface area contributed by atoms with Gasteiger partial charge in [0.2, 0.25) is 0 Å². The van der Waals surface area contributed by atoms with Crippen molar-refractivity contribution in [1.29, 1.82) is 0 Å². The van der Waals surface area contributed by atoms with Gasteiger partial charge in [-0.3, -0.25) is 0 Å². The number of hydrogen-bond donors (Lipinski definition) is 0. The van der Waals surface area contributed by atoms with Gasteiger partial charge in [-0.15, -0.1) is 0 Å². The summed E-state index contributed by atoms with van der Waals surface area (Å²) >= 11 is 0. The predicted octanol–water partition coefficient (Wildman–Crippen LogP) is 3.76. The van der Waals surface area contributed by atoms with Crippen molar-refractivity contribution in [2.45, 2.75) is 31.0 Å². The van der Waals surface area contributed by atoms with Crippen LogP contribution in [0, 0.1) is 6.42 Å². The van der Waals surface area contributed by atoms with Gasteiger partial charge in [0, 0.05) is 9.82 Å². The van der Waals surface area contributed by atoms with Crippen molar-refractivity contribution in [3.63, 3.8) is 0 Å². The van der Waals surface area contributed by atoms with Gasteiger partial charge >= 0.3 is 0 Å². The fourth-order valence-corrected chi connectivity index (χ4v) is 2.10. The lowest BCUT2D eigenvalue weighted by Gasteiger charge is -2.38. The molecule has 0 bridgehead atoms. The average Bonchev–Trinajstić information content (AvgIpc) is 2.54. The molecule has 0 aliphatic carbocycles. The first-order valence-corrected chi connectivity index (χ1v) is 6.66. The molecule has 1 fully saturated rings. The molecule has 23 heavy (non-hydrogen) atoms. The molecule has 1 aromatic carbocycles. The van der Waals surface area contributed by atoms with E-state index in [4.69, 9.17) is 20.5 Å². The van der Waals surface area contributed by atoms with E-state index in [-0.39, 0.29) is 13.2 Å². The van der Waals surface area contributed by atoms with Crippen LogP contribution in [0.25, 0.3) is 20.9 Å². The van der Waals surface area contributed by atoms with E-state index in [0.717, 1.165) is 5.56 Å². The van der Waals surface area contributed by atoms with E-state index in [9.17, 15) is 8.78 Å². The topological polar surface area (TPSA) is 116 Å². The Balaban J connectivity index is 2.12. The largest absolute Gasteiger partial charge is 0.348 e. The Morgan fingerprint density at radius 2 is 1.96 bits per heavy atom. The van der Waals surface area contributed by atoms with Crippen LogP contribution in [-0.4, -0.2) is 30.9 Å². The standard InChI is InChI=1S/C13H13F2N6O2/c14-13(15)6-10(7-18-20-16)23-12(11(13)19-21-17)22-8-9-4-2-1-3-5-9/h1-6,10-12H,7-8H2/t10-,11+,12?/m1/s1. The SMILES string of the molecule is [N-]=[N+]=NC[C@H]1[CH]C(F)(F)[C@@H](N=[N+]=[N-])C(OCc2ccccc2)O1. The quantitative estimate of drug-likeness (QED) is 0.450. The molecule has 1 saturated heterocycles. The molecule has 1 unspecified atom stereocenters. The number of alkyl halides is 2. The number of halogens is 2. The monoisotopic (exact) mass is 323 g/mol. The number of hydrogen-bond acceptors (Lipinski definition) is 4. The first-order chi connectivity index (χ1) is 11.1. The van der Waals surface area contributed by atoms with Crippen LogP contribution >= 0.6 is 0 Å².